The molecule has 0 atom stereocenters. The summed E-state index contributed by atoms with van der Waals surface area (Å²) in [6.07, 6.45) is 2.34. The topological polar surface area (TPSA) is 64.1 Å². The summed E-state index contributed by atoms with van der Waals surface area (Å²) < 4.78 is 5.41. The summed E-state index contributed by atoms with van der Waals surface area (Å²) in [6.45, 7) is 2.63. The lowest BCUT2D eigenvalue weighted by atomic mass is 10.2. The Labute approximate surface area is 105 Å². The van der Waals surface area contributed by atoms with E-state index in [0.29, 0.717) is 12.4 Å². The summed E-state index contributed by atoms with van der Waals surface area (Å²) in [6, 6.07) is 7.53. The molecule has 1 aromatic heterocycles. The zero-order chi connectivity index (χ0) is 12.8. The van der Waals surface area contributed by atoms with E-state index in [9.17, 15) is 4.79 Å². The number of rotatable bonds is 5. The third-order valence-corrected chi connectivity index (χ3v) is 2.42. The highest BCUT2D eigenvalue weighted by Crippen LogP contribution is 2.20. The van der Waals surface area contributed by atoms with E-state index in [1.807, 2.05) is 31.2 Å². The van der Waals surface area contributed by atoms with Crippen LogP contribution < -0.4 is 10.1 Å². The van der Waals surface area contributed by atoms with Gasteiger partial charge in [0.2, 0.25) is 5.88 Å². The number of hydrogen-bond acceptors (Lipinski definition) is 4. The lowest BCUT2D eigenvalue weighted by molar-refractivity contribution is -0.123. The van der Waals surface area contributed by atoms with Gasteiger partial charge in [0.1, 0.15) is 6.33 Å². The number of aromatic nitrogens is 2. The standard InChI is InChI=1S/C13H15N3O2/c1-2-7-14-12(17)8-18-13-10-5-3-4-6-11(10)15-9-16-13/h3-6,9H,2,7-8H2,1H3,(H,14,17). The summed E-state index contributed by atoms with van der Waals surface area (Å²) in [7, 11) is 0. The molecule has 0 spiro atoms. The van der Waals surface area contributed by atoms with E-state index >= 15 is 0 Å². The maximum Gasteiger partial charge on any atom is 0.258 e. The van der Waals surface area contributed by atoms with Gasteiger partial charge >= 0.3 is 0 Å². The molecule has 0 aliphatic heterocycles. The van der Waals surface area contributed by atoms with Gasteiger partial charge in [-0.1, -0.05) is 19.1 Å². The van der Waals surface area contributed by atoms with E-state index < -0.39 is 0 Å². The van der Waals surface area contributed by atoms with Crippen molar-refractivity contribution >= 4 is 16.8 Å². The average Bonchev–Trinajstić information content (AvgIpc) is 2.42. The zero-order valence-corrected chi connectivity index (χ0v) is 10.2. The molecular formula is C13H15N3O2. The number of para-hydroxylation sites is 1. The van der Waals surface area contributed by atoms with Crippen LogP contribution in [0, 0.1) is 0 Å². The third-order valence-electron chi connectivity index (χ3n) is 2.42. The fourth-order valence-corrected chi connectivity index (χ4v) is 1.54. The first-order chi connectivity index (χ1) is 8.81. The largest absolute Gasteiger partial charge is 0.467 e. The van der Waals surface area contributed by atoms with Crippen molar-refractivity contribution in [3.63, 3.8) is 0 Å². The quantitative estimate of drug-likeness (QED) is 0.867. The van der Waals surface area contributed by atoms with Crippen LogP contribution in [0.2, 0.25) is 0 Å². The molecule has 1 N–H and O–H groups in total. The molecule has 94 valence electrons. The fourth-order valence-electron chi connectivity index (χ4n) is 1.54. The van der Waals surface area contributed by atoms with Gasteiger partial charge in [0, 0.05) is 6.54 Å². The first-order valence-corrected chi connectivity index (χ1v) is 5.90. The van der Waals surface area contributed by atoms with Crippen LogP contribution in [0.15, 0.2) is 30.6 Å². The van der Waals surface area contributed by atoms with Gasteiger partial charge in [-0.3, -0.25) is 4.79 Å². The summed E-state index contributed by atoms with van der Waals surface area (Å²) in [5.41, 5.74) is 0.802. The van der Waals surface area contributed by atoms with Crippen molar-refractivity contribution in [3.8, 4) is 5.88 Å². The molecule has 0 saturated heterocycles. The molecule has 0 radical (unpaired) electrons. The van der Waals surface area contributed by atoms with Crippen molar-refractivity contribution in [2.24, 2.45) is 0 Å². The molecule has 0 unspecified atom stereocenters. The maximum absolute atomic E-state index is 11.4. The first-order valence-electron chi connectivity index (χ1n) is 5.90. The fraction of sp³-hybridized carbons (Fsp3) is 0.308. The van der Waals surface area contributed by atoms with E-state index in [4.69, 9.17) is 4.74 Å². The van der Waals surface area contributed by atoms with Gasteiger partial charge in [-0.15, -0.1) is 0 Å². The summed E-state index contributed by atoms with van der Waals surface area (Å²) >= 11 is 0. The maximum atomic E-state index is 11.4. The molecular weight excluding hydrogens is 230 g/mol. The van der Waals surface area contributed by atoms with Crippen LogP contribution in [0.4, 0.5) is 0 Å². The minimum absolute atomic E-state index is 0.0268. The van der Waals surface area contributed by atoms with E-state index in [-0.39, 0.29) is 12.5 Å². The van der Waals surface area contributed by atoms with E-state index in [1.54, 1.807) is 0 Å². The number of nitrogens with zero attached hydrogens (tertiary/aromatic N) is 2. The molecule has 5 heteroatoms. The Bertz CT molecular complexity index is 537. The van der Waals surface area contributed by atoms with Crippen LogP contribution >= 0.6 is 0 Å². The normalized spacial score (nSPS) is 10.3. The van der Waals surface area contributed by atoms with E-state index in [1.165, 1.54) is 6.33 Å². The van der Waals surface area contributed by atoms with E-state index in [0.717, 1.165) is 17.3 Å². The number of ether oxygens (including phenoxy) is 1. The Morgan fingerprint density at radius 2 is 2.17 bits per heavy atom. The van der Waals surface area contributed by atoms with Crippen LogP contribution in [0.5, 0.6) is 5.88 Å². The van der Waals surface area contributed by atoms with Gasteiger partial charge < -0.3 is 10.1 Å². The average molecular weight is 245 g/mol. The molecule has 18 heavy (non-hydrogen) atoms. The molecule has 1 aromatic carbocycles. The van der Waals surface area contributed by atoms with Crippen molar-refractivity contribution in [2.45, 2.75) is 13.3 Å². The number of nitrogens with one attached hydrogen (secondary N) is 1. The Balaban J connectivity index is 2.05. The van der Waals surface area contributed by atoms with Crippen molar-refractivity contribution in [1.82, 2.24) is 15.3 Å². The van der Waals surface area contributed by atoms with Gasteiger partial charge in [-0.2, -0.15) is 0 Å². The van der Waals surface area contributed by atoms with Crippen molar-refractivity contribution in [2.75, 3.05) is 13.2 Å². The van der Waals surface area contributed by atoms with Crippen LogP contribution in [0.1, 0.15) is 13.3 Å². The number of benzene rings is 1. The van der Waals surface area contributed by atoms with E-state index in [2.05, 4.69) is 15.3 Å². The Kier molecular flexibility index (Phi) is 4.06. The number of carbonyl (C=O) groups is 1. The molecule has 1 amide bonds. The molecule has 2 aromatic rings. The molecule has 5 nitrogen and oxygen atoms in total. The summed E-state index contributed by atoms with van der Waals surface area (Å²) in [5.74, 6) is 0.298. The molecule has 0 aliphatic rings. The van der Waals surface area contributed by atoms with Gasteiger partial charge in [-0.05, 0) is 18.6 Å². The second-order valence-electron chi connectivity index (χ2n) is 3.83. The lowest BCUT2D eigenvalue weighted by Crippen LogP contribution is -2.29. The minimum atomic E-state index is -0.139. The van der Waals surface area contributed by atoms with Crippen LogP contribution in [-0.4, -0.2) is 29.0 Å². The molecule has 0 bridgehead atoms. The van der Waals surface area contributed by atoms with Gasteiger partial charge in [0.25, 0.3) is 5.91 Å². The predicted octanol–water partition coefficient (Wildman–Crippen LogP) is 1.53. The lowest BCUT2D eigenvalue weighted by Gasteiger charge is -2.07. The van der Waals surface area contributed by atoms with Crippen molar-refractivity contribution in [3.05, 3.63) is 30.6 Å². The second-order valence-corrected chi connectivity index (χ2v) is 3.83. The highest BCUT2D eigenvalue weighted by atomic mass is 16.5. The number of carbonyl (C=O) groups excluding carboxylic acids is 1. The molecule has 2 rings (SSSR count). The van der Waals surface area contributed by atoms with Crippen molar-refractivity contribution < 1.29 is 9.53 Å². The zero-order valence-electron chi connectivity index (χ0n) is 10.2. The molecule has 0 saturated carbocycles. The Morgan fingerprint density at radius 1 is 1.33 bits per heavy atom. The molecule has 0 fully saturated rings. The number of amides is 1. The monoisotopic (exact) mass is 245 g/mol. The van der Waals surface area contributed by atoms with Crippen LogP contribution in [-0.2, 0) is 4.79 Å². The minimum Gasteiger partial charge on any atom is -0.467 e. The van der Waals surface area contributed by atoms with Gasteiger partial charge in [0.05, 0.1) is 10.9 Å². The third kappa shape index (κ3) is 2.94. The second kappa shape index (κ2) is 5.95. The Morgan fingerprint density at radius 3 is 3.00 bits per heavy atom. The van der Waals surface area contributed by atoms with Crippen LogP contribution in [0.25, 0.3) is 10.9 Å². The SMILES string of the molecule is CCCNC(=O)COc1ncnc2ccccc12. The van der Waals surface area contributed by atoms with Crippen LogP contribution in [0.3, 0.4) is 0 Å². The summed E-state index contributed by atoms with van der Waals surface area (Å²) in [5, 5.41) is 3.55. The smallest absolute Gasteiger partial charge is 0.258 e. The number of fused-ring (bicyclic) bond motifs is 1. The highest BCUT2D eigenvalue weighted by Gasteiger charge is 2.06. The summed E-state index contributed by atoms with van der Waals surface area (Å²) in [4.78, 5) is 19.6. The number of hydrogen-bond donors (Lipinski definition) is 1. The van der Waals surface area contributed by atoms with Gasteiger partial charge in [0.15, 0.2) is 6.61 Å². The molecule has 1 heterocycles. The molecule has 0 aliphatic carbocycles. The Hall–Kier alpha value is -2.17. The predicted molar refractivity (Wildman–Crippen MR) is 68.3 cm³/mol. The van der Waals surface area contributed by atoms with Gasteiger partial charge in [-0.25, -0.2) is 9.97 Å². The first kappa shape index (κ1) is 12.3. The van der Waals surface area contributed by atoms with Crippen molar-refractivity contribution in [1.29, 1.82) is 0 Å². The highest BCUT2D eigenvalue weighted by molar-refractivity contribution is 5.83.